The fourth-order valence-electron chi connectivity index (χ4n) is 1.99. The zero-order valence-electron chi connectivity index (χ0n) is 10.6. The van der Waals surface area contributed by atoms with Gasteiger partial charge in [-0.05, 0) is 17.2 Å². The number of aliphatic hydroxyl groups is 1. The van der Waals surface area contributed by atoms with Gasteiger partial charge in [-0.1, -0.05) is 35.9 Å². The normalized spacial score (nSPS) is 11.0. The van der Waals surface area contributed by atoms with E-state index in [-0.39, 0.29) is 12.2 Å². The van der Waals surface area contributed by atoms with Crippen LogP contribution < -0.4 is 0 Å². The molecule has 2 aromatic heterocycles. The van der Waals surface area contributed by atoms with E-state index in [1.165, 1.54) is 10.7 Å². The van der Waals surface area contributed by atoms with Crippen LogP contribution in [0.5, 0.6) is 0 Å². The number of carbonyl (C=O) groups excluding carboxylic acids is 1. The van der Waals surface area contributed by atoms with E-state index in [4.69, 9.17) is 28.3 Å². The largest absolute Gasteiger partial charge is 0.392 e. The van der Waals surface area contributed by atoms with Crippen LogP contribution in [0.25, 0.3) is 16.9 Å². The lowest BCUT2D eigenvalue weighted by molar-refractivity contribution is 0.108. The number of nitrogens with zero attached hydrogens (tertiary/aromatic N) is 3. The number of aliphatic hydroxyl groups excluding tert-OH is 1. The quantitative estimate of drug-likeness (QED) is 0.595. The van der Waals surface area contributed by atoms with Gasteiger partial charge < -0.3 is 5.11 Å². The van der Waals surface area contributed by atoms with E-state index in [0.717, 1.165) is 11.1 Å². The molecule has 0 amide bonds. The zero-order valence-corrected chi connectivity index (χ0v) is 12.1. The van der Waals surface area contributed by atoms with E-state index in [2.05, 4.69) is 10.1 Å². The van der Waals surface area contributed by atoms with Gasteiger partial charge >= 0.3 is 0 Å². The van der Waals surface area contributed by atoms with Crippen LogP contribution in [0.1, 0.15) is 15.9 Å². The molecule has 1 N–H and O–H groups in total. The summed E-state index contributed by atoms with van der Waals surface area (Å²) in [5.41, 5.74) is 2.71. The average molecular weight is 322 g/mol. The SMILES string of the molecule is O=C(Cl)c1cnn2c(Cl)cc(-c3ccc(CO)cc3)nc12. The first-order valence-corrected chi connectivity index (χ1v) is 6.80. The summed E-state index contributed by atoms with van der Waals surface area (Å²) >= 11 is 11.7. The van der Waals surface area contributed by atoms with Gasteiger partial charge in [0.05, 0.1) is 24.1 Å². The Morgan fingerprint density at radius 2 is 2.00 bits per heavy atom. The second-order valence-corrected chi connectivity index (χ2v) is 5.12. The highest BCUT2D eigenvalue weighted by Crippen LogP contribution is 2.24. The van der Waals surface area contributed by atoms with Gasteiger partial charge in [-0.25, -0.2) is 9.50 Å². The molecule has 0 fully saturated rings. The van der Waals surface area contributed by atoms with Crippen molar-refractivity contribution in [2.24, 2.45) is 0 Å². The van der Waals surface area contributed by atoms with Crippen LogP contribution in [-0.4, -0.2) is 24.9 Å². The van der Waals surface area contributed by atoms with Crippen LogP contribution in [0.4, 0.5) is 0 Å². The van der Waals surface area contributed by atoms with Crippen molar-refractivity contribution < 1.29 is 9.90 Å². The molecule has 0 aliphatic rings. The maximum absolute atomic E-state index is 11.4. The molecule has 0 radical (unpaired) electrons. The first kappa shape index (κ1) is 14.0. The van der Waals surface area contributed by atoms with E-state index in [0.29, 0.717) is 16.5 Å². The average Bonchev–Trinajstić information content (AvgIpc) is 2.92. The molecule has 3 rings (SSSR count). The Morgan fingerprint density at radius 3 is 2.62 bits per heavy atom. The van der Waals surface area contributed by atoms with E-state index in [1.807, 2.05) is 12.1 Å². The smallest absolute Gasteiger partial charge is 0.257 e. The second-order valence-electron chi connectivity index (χ2n) is 4.39. The molecule has 0 spiro atoms. The molecule has 1 aromatic carbocycles. The van der Waals surface area contributed by atoms with Gasteiger partial charge in [0.2, 0.25) is 0 Å². The molecule has 0 saturated carbocycles. The van der Waals surface area contributed by atoms with Crippen molar-refractivity contribution in [2.75, 3.05) is 0 Å². The predicted molar refractivity (Wildman–Crippen MR) is 79.5 cm³/mol. The number of fused-ring (bicyclic) bond motifs is 1. The maximum Gasteiger partial charge on any atom is 0.257 e. The van der Waals surface area contributed by atoms with Crippen LogP contribution in [0, 0.1) is 0 Å². The number of rotatable bonds is 3. The van der Waals surface area contributed by atoms with Crippen molar-refractivity contribution in [3.05, 3.63) is 52.8 Å². The van der Waals surface area contributed by atoms with Gasteiger partial charge in [-0.3, -0.25) is 4.79 Å². The number of halogens is 2. The molecule has 0 unspecified atom stereocenters. The lowest BCUT2D eigenvalue weighted by atomic mass is 10.1. The first-order chi connectivity index (χ1) is 10.1. The summed E-state index contributed by atoms with van der Waals surface area (Å²) in [6.07, 6.45) is 1.34. The van der Waals surface area contributed by atoms with Crippen LogP contribution in [0.2, 0.25) is 5.15 Å². The Labute approximate surface area is 129 Å². The third-order valence-electron chi connectivity index (χ3n) is 3.07. The lowest BCUT2D eigenvalue weighted by Crippen LogP contribution is -1.97. The Morgan fingerprint density at radius 1 is 1.29 bits per heavy atom. The predicted octanol–water partition coefficient (Wildman–Crippen LogP) is 2.92. The second kappa shape index (κ2) is 5.44. The highest BCUT2D eigenvalue weighted by molar-refractivity contribution is 6.68. The highest BCUT2D eigenvalue weighted by atomic mass is 35.5. The maximum atomic E-state index is 11.4. The highest BCUT2D eigenvalue weighted by Gasteiger charge is 2.15. The number of hydrogen-bond donors (Lipinski definition) is 1. The van der Waals surface area contributed by atoms with Crippen LogP contribution in [-0.2, 0) is 6.61 Å². The minimum atomic E-state index is -0.638. The number of aromatic nitrogens is 3. The molecule has 106 valence electrons. The summed E-state index contributed by atoms with van der Waals surface area (Å²) in [5, 5.41) is 12.7. The molecule has 21 heavy (non-hydrogen) atoms. The Hall–Kier alpha value is -1.95. The first-order valence-electron chi connectivity index (χ1n) is 6.04. The van der Waals surface area contributed by atoms with Crippen molar-refractivity contribution in [3.8, 4) is 11.3 Å². The van der Waals surface area contributed by atoms with Gasteiger partial charge in [0.25, 0.3) is 5.24 Å². The fraction of sp³-hybridized carbons (Fsp3) is 0.0714. The van der Waals surface area contributed by atoms with Gasteiger partial charge in [0, 0.05) is 11.6 Å². The summed E-state index contributed by atoms with van der Waals surface area (Å²) in [4.78, 5) is 15.8. The van der Waals surface area contributed by atoms with Gasteiger partial charge in [-0.2, -0.15) is 5.10 Å². The molecule has 3 aromatic rings. The monoisotopic (exact) mass is 321 g/mol. The zero-order chi connectivity index (χ0) is 15.0. The Bertz CT molecular complexity index is 828. The molecule has 0 saturated heterocycles. The molecule has 0 aliphatic carbocycles. The van der Waals surface area contributed by atoms with Crippen LogP contribution in [0.15, 0.2) is 36.5 Å². The minimum Gasteiger partial charge on any atom is -0.392 e. The Balaban J connectivity index is 2.18. The van der Waals surface area contributed by atoms with Crippen molar-refractivity contribution >= 4 is 34.1 Å². The van der Waals surface area contributed by atoms with Crippen molar-refractivity contribution in [1.82, 2.24) is 14.6 Å². The van der Waals surface area contributed by atoms with Crippen molar-refractivity contribution in [1.29, 1.82) is 0 Å². The molecular formula is C14H9Cl2N3O2. The van der Waals surface area contributed by atoms with Crippen LogP contribution >= 0.6 is 23.2 Å². The number of hydrogen-bond acceptors (Lipinski definition) is 4. The summed E-state index contributed by atoms with van der Waals surface area (Å²) in [6.45, 7) is -0.0268. The fourth-order valence-corrected chi connectivity index (χ4v) is 2.35. The number of carbonyl (C=O) groups is 1. The Kier molecular flexibility index (Phi) is 3.63. The van der Waals surface area contributed by atoms with Crippen molar-refractivity contribution in [3.63, 3.8) is 0 Å². The topological polar surface area (TPSA) is 67.5 Å². The lowest BCUT2D eigenvalue weighted by Gasteiger charge is -2.05. The summed E-state index contributed by atoms with van der Waals surface area (Å²) in [7, 11) is 0. The molecule has 2 heterocycles. The third-order valence-corrected chi connectivity index (χ3v) is 3.55. The molecule has 0 bridgehead atoms. The number of benzene rings is 1. The van der Waals surface area contributed by atoms with Gasteiger partial charge in [0.15, 0.2) is 5.65 Å². The van der Waals surface area contributed by atoms with E-state index in [9.17, 15) is 4.79 Å². The molecule has 7 heteroatoms. The molecule has 0 aliphatic heterocycles. The summed E-state index contributed by atoms with van der Waals surface area (Å²) < 4.78 is 1.35. The molecule has 0 atom stereocenters. The van der Waals surface area contributed by atoms with Gasteiger partial charge in [0.1, 0.15) is 5.15 Å². The van der Waals surface area contributed by atoms with E-state index < -0.39 is 5.24 Å². The summed E-state index contributed by atoms with van der Waals surface area (Å²) in [5.74, 6) is 0. The van der Waals surface area contributed by atoms with E-state index in [1.54, 1.807) is 18.2 Å². The van der Waals surface area contributed by atoms with E-state index >= 15 is 0 Å². The minimum absolute atomic E-state index is 0.0268. The van der Waals surface area contributed by atoms with Gasteiger partial charge in [-0.15, -0.1) is 0 Å². The van der Waals surface area contributed by atoms with Crippen molar-refractivity contribution in [2.45, 2.75) is 6.61 Å². The van der Waals surface area contributed by atoms with Crippen LogP contribution in [0.3, 0.4) is 0 Å². The third kappa shape index (κ3) is 2.51. The standard InChI is InChI=1S/C14H9Cl2N3O2/c15-12-5-11(9-3-1-8(7-20)2-4-9)18-14-10(13(16)21)6-17-19(12)14/h1-6,20H,7H2. The molecular weight excluding hydrogens is 313 g/mol. The summed E-state index contributed by atoms with van der Waals surface area (Å²) in [6, 6.07) is 8.87. The molecule has 5 nitrogen and oxygen atoms in total.